The average Bonchev–Trinajstić information content (AvgIpc) is 3.23. The van der Waals surface area contributed by atoms with Crippen LogP contribution >= 0.6 is 11.8 Å². The van der Waals surface area contributed by atoms with Gasteiger partial charge in [-0.05, 0) is 25.2 Å². The quantitative estimate of drug-likeness (QED) is 0.669. The van der Waals surface area contributed by atoms with E-state index in [-0.39, 0.29) is 5.75 Å². The lowest BCUT2D eigenvalue weighted by atomic mass is 9.99. The molecular formula is C15H25N3O2S. The van der Waals surface area contributed by atoms with Gasteiger partial charge in [-0.3, -0.25) is 4.79 Å². The molecule has 1 aliphatic rings. The molecule has 1 N–H and O–H groups in total. The Kier molecular flexibility index (Phi) is 6.08. The molecule has 0 radical (unpaired) electrons. The molecule has 1 aromatic heterocycles. The van der Waals surface area contributed by atoms with Crippen LogP contribution in [0.15, 0.2) is 5.16 Å². The molecule has 6 heteroatoms. The zero-order valence-electron chi connectivity index (χ0n) is 12.9. The summed E-state index contributed by atoms with van der Waals surface area (Å²) in [5.41, 5.74) is 0. The summed E-state index contributed by atoms with van der Waals surface area (Å²) in [5.74, 6) is 1.48. The van der Waals surface area contributed by atoms with Crippen LogP contribution in [0.3, 0.4) is 0 Å². The maximum atomic E-state index is 10.8. The summed E-state index contributed by atoms with van der Waals surface area (Å²) in [6, 6.07) is 0. The molecule has 0 aliphatic heterocycles. The van der Waals surface area contributed by atoms with Crippen molar-refractivity contribution < 1.29 is 9.90 Å². The van der Waals surface area contributed by atoms with Crippen LogP contribution in [0.1, 0.15) is 64.1 Å². The molecule has 21 heavy (non-hydrogen) atoms. The first-order chi connectivity index (χ1) is 10.2. The molecule has 0 spiro atoms. The van der Waals surface area contributed by atoms with E-state index < -0.39 is 5.97 Å². The van der Waals surface area contributed by atoms with Crippen molar-refractivity contribution in [2.75, 3.05) is 5.75 Å². The fourth-order valence-electron chi connectivity index (χ4n) is 2.52. The fraction of sp³-hybridized carbons (Fsp3) is 0.800. The van der Waals surface area contributed by atoms with Crippen molar-refractivity contribution in [1.82, 2.24) is 14.8 Å². The molecule has 1 aliphatic carbocycles. The van der Waals surface area contributed by atoms with Crippen molar-refractivity contribution in [3.8, 4) is 0 Å². The molecule has 1 fully saturated rings. The number of nitrogens with zero attached hydrogens (tertiary/aromatic N) is 3. The standard InChI is InChI=1S/C15H25N3O2S/c1-3-5-6-11(4-2)9-18-14(12-7-8-12)16-17-15(18)21-10-13(19)20/h11-12H,3-10H2,1-2H3,(H,19,20). The van der Waals surface area contributed by atoms with Gasteiger partial charge in [-0.1, -0.05) is 44.9 Å². The minimum Gasteiger partial charge on any atom is -0.481 e. The minimum absolute atomic E-state index is 0.0502. The van der Waals surface area contributed by atoms with E-state index in [0.29, 0.717) is 11.8 Å². The Hall–Kier alpha value is -1.04. The smallest absolute Gasteiger partial charge is 0.313 e. The van der Waals surface area contributed by atoms with Crippen LogP contribution in [0.25, 0.3) is 0 Å². The Morgan fingerprint density at radius 2 is 2.19 bits per heavy atom. The monoisotopic (exact) mass is 311 g/mol. The maximum Gasteiger partial charge on any atom is 0.313 e. The van der Waals surface area contributed by atoms with Gasteiger partial charge >= 0.3 is 5.97 Å². The summed E-state index contributed by atoms with van der Waals surface area (Å²) >= 11 is 1.29. The Morgan fingerprint density at radius 3 is 2.76 bits per heavy atom. The predicted molar refractivity (Wildman–Crippen MR) is 83.7 cm³/mol. The van der Waals surface area contributed by atoms with Crippen molar-refractivity contribution in [3.63, 3.8) is 0 Å². The second kappa shape index (κ2) is 7.82. The summed E-state index contributed by atoms with van der Waals surface area (Å²) < 4.78 is 2.19. The van der Waals surface area contributed by atoms with Gasteiger partial charge in [0.15, 0.2) is 5.16 Å². The molecule has 0 bridgehead atoms. The van der Waals surface area contributed by atoms with Crippen molar-refractivity contribution in [2.24, 2.45) is 5.92 Å². The zero-order chi connectivity index (χ0) is 15.2. The van der Waals surface area contributed by atoms with Gasteiger partial charge in [0.05, 0.1) is 5.75 Å². The van der Waals surface area contributed by atoms with Gasteiger partial charge in [0.2, 0.25) is 0 Å². The van der Waals surface area contributed by atoms with E-state index in [1.54, 1.807) is 0 Å². The average molecular weight is 311 g/mol. The van der Waals surface area contributed by atoms with Gasteiger partial charge in [-0.2, -0.15) is 0 Å². The van der Waals surface area contributed by atoms with E-state index in [9.17, 15) is 4.79 Å². The number of carbonyl (C=O) groups is 1. The number of carboxylic acid groups (broad SMARTS) is 1. The molecule has 1 aromatic rings. The number of aromatic nitrogens is 3. The van der Waals surface area contributed by atoms with Gasteiger partial charge in [0.1, 0.15) is 5.82 Å². The highest BCUT2D eigenvalue weighted by Crippen LogP contribution is 2.40. The molecule has 1 saturated carbocycles. The first-order valence-corrected chi connectivity index (χ1v) is 8.91. The van der Waals surface area contributed by atoms with E-state index in [1.807, 2.05) is 0 Å². The summed E-state index contributed by atoms with van der Waals surface area (Å²) in [6.45, 7) is 5.37. The number of hydrogen-bond acceptors (Lipinski definition) is 4. The summed E-state index contributed by atoms with van der Waals surface area (Å²) in [7, 11) is 0. The van der Waals surface area contributed by atoms with E-state index >= 15 is 0 Å². The number of thioether (sulfide) groups is 1. The Labute approximate surface area is 130 Å². The molecule has 0 aromatic carbocycles. The Morgan fingerprint density at radius 1 is 1.43 bits per heavy atom. The minimum atomic E-state index is -0.805. The second-order valence-electron chi connectivity index (χ2n) is 5.82. The van der Waals surface area contributed by atoms with E-state index in [1.165, 1.54) is 43.9 Å². The van der Waals surface area contributed by atoms with E-state index in [2.05, 4.69) is 28.6 Å². The van der Waals surface area contributed by atoms with Gasteiger partial charge in [0, 0.05) is 12.5 Å². The van der Waals surface area contributed by atoms with Crippen molar-refractivity contribution >= 4 is 17.7 Å². The van der Waals surface area contributed by atoms with Crippen LogP contribution in [0.4, 0.5) is 0 Å². The lowest BCUT2D eigenvalue weighted by Crippen LogP contribution is -2.14. The number of hydrogen-bond donors (Lipinski definition) is 1. The zero-order valence-corrected chi connectivity index (χ0v) is 13.7. The highest BCUT2D eigenvalue weighted by atomic mass is 32.2. The summed E-state index contributed by atoms with van der Waals surface area (Å²) in [6.07, 6.45) is 7.20. The predicted octanol–water partition coefficient (Wildman–Crippen LogP) is 3.55. The molecule has 0 amide bonds. The third-order valence-electron chi connectivity index (χ3n) is 4.00. The Bertz CT molecular complexity index is 471. The first kappa shape index (κ1) is 16.3. The molecule has 1 unspecified atom stereocenters. The first-order valence-electron chi connectivity index (χ1n) is 7.93. The number of carboxylic acids is 1. The normalized spacial score (nSPS) is 16.1. The van der Waals surface area contributed by atoms with E-state index in [4.69, 9.17) is 5.11 Å². The SMILES string of the molecule is CCCCC(CC)Cn1c(SCC(=O)O)nnc1C1CC1. The van der Waals surface area contributed by atoms with Crippen LogP contribution in [0.5, 0.6) is 0 Å². The van der Waals surface area contributed by atoms with Crippen LogP contribution < -0.4 is 0 Å². The maximum absolute atomic E-state index is 10.8. The topological polar surface area (TPSA) is 68.0 Å². The molecule has 1 heterocycles. The van der Waals surface area contributed by atoms with Gasteiger partial charge < -0.3 is 9.67 Å². The highest BCUT2D eigenvalue weighted by molar-refractivity contribution is 7.99. The largest absolute Gasteiger partial charge is 0.481 e. The van der Waals surface area contributed by atoms with Gasteiger partial charge in [-0.15, -0.1) is 10.2 Å². The van der Waals surface area contributed by atoms with Crippen molar-refractivity contribution in [1.29, 1.82) is 0 Å². The van der Waals surface area contributed by atoms with Crippen LogP contribution in [0.2, 0.25) is 0 Å². The lowest BCUT2D eigenvalue weighted by Gasteiger charge is -2.17. The fourth-order valence-corrected chi connectivity index (χ4v) is 3.20. The number of aliphatic carboxylic acids is 1. The number of unbranched alkanes of at least 4 members (excludes halogenated alkanes) is 1. The van der Waals surface area contributed by atoms with Crippen LogP contribution in [-0.2, 0) is 11.3 Å². The molecule has 0 saturated heterocycles. The molecule has 5 nitrogen and oxygen atoms in total. The molecule has 118 valence electrons. The van der Waals surface area contributed by atoms with Crippen LogP contribution in [0, 0.1) is 5.92 Å². The van der Waals surface area contributed by atoms with Crippen LogP contribution in [-0.4, -0.2) is 31.6 Å². The Balaban J connectivity index is 2.09. The highest BCUT2D eigenvalue weighted by Gasteiger charge is 2.31. The molecule has 1 atom stereocenters. The molecule has 2 rings (SSSR count). The summed E-state index contributed by atoms with van der Waals surface area (Å²) in [4.78, 5) is 10.8. The second-order valence-corrected chi connectivity index (χ2v) is 6.77. The third kappa shape index (κ3) is 4.73. The van der Waals surface area contributed by atoms with Crippen molar-refractivity contribution in [3.05, 3.63) is 5.82 Å². The van der Waals surface area contributed by atoms with Gasteiger partial charge in [-0.25, -0.2) is 0 Å². The van der Waals surface area contributed by atoms with E-state index in [0.717, 1.165) is 23.9 Å². The number of rotatable bonds is 10. The van der Waals surface area contributed by atoms with Crippen molar-refractivity contribution in [2.45, 2.75) is 70.0 Å². The summed E-state index contributed by atoms with van der Waals surface area (Å²) in [5, 5.41) is 18.2. The third-order valence-corrected chi connectivity index (χ3v) is 4.95. The lowest BCUT2D eigenvalue weighted by molar-refractivity contribution is -0.133. The molecular weight excluding hydrogens is 286 g/mol. The van der Waals surface area contributed by atoms with Gasteiger partial charge in [0.25, 0.3) is 0 Å².